The zero-order valence-electron chi connectivity index (χ0n) is 12.8. The molecule has 6 heteroatoms. The lowest BCUT2D eigenvalue weighted by Crippen LogP contribution is -2.40. The number of nitriles is 1. The minimum atomic E-state index is -0.0977. The van der Waals surface area contributed by atoms with E-state index in [0.29, 0.717) is 18.0 Å². The molecule has 3 rings (SSSR count). The van der Waals surface area contributed by atoms with Gasteiger partial charge in [-0.3, -0.25) is 10.00 Å². The van der Waals surface area contributed by atoms with Gasteiger partial charge in [-0.1, -0.05) is 12.1 Å². The molecule has 114 valence electrons. The maximum Gasteiger partial charge on any atom is 0.180 e. The van der Waals surface area contributed by atoms with Crippen molar-refractivity contribution in [2.24, 2.45) is 0 Å². The van der Waals surface area contributed by atoms with Gasteiger partial charge in [-0.25, -0.2) is 4.98 Å². The van der Waals surface area contributed by atoms with Crippen LogP contribution in [-0.4, -0.2) is 39.8 Å². The number of hydrogen-bond acceptors (Lipinski definition) is 5. The number of aromatic amines is 1. The second-order valence-electron chi connectivity index (χ2n) is 5.54. The van der Waals surface area contributed by atoms with Gasteiger partial charge in [0.2, 0.25) is 0 Å². The number of morpholine rings is 1. The number of aryl methyl sites for hydroxylation is 1. The van der Waals surface area contributed by atoms with E-state index in [1.165, 1.54) is 5.56 Å². The fourth-order valence-electron chi connectivity index (χ4n) is 2.73. The molecule has 1 aromatic heterocycles. The lowest BCUT2D eigenvalue weighted by Gasteiger charge is -2.36. The number of nitrogens with zero attached hydrogens (tertiary/aromatic N) is 4. The molecule has 1 N–H and O–H groups in total. The van der Waals surface area contributed by atoms with E-state index in [0.717, 1.165) is 18.9 Å². The van der Waals surface area contributed by atoms with Crippen LogP contribution in [0.15, 0.2) is 24.3 Å². The molecule has 0 radical (unpaired) electrons. The Hall–Kier alpha value is -2.23. The monoisotopic (exact) mass is 297 g/mol. The predicted octanol–water partition coefficient (Wildman–Crippen LogP) is 2.12. The van der Waals surface area contributed by atoms with Crippen molar-refractivity contribution in [3.05, 3.63) is 47.0 Å². The van der Waals surface area contributed by atoms with Gasteiger partial charge in [-0.05, 0) is 31.5 Å². The van der Waals surface area contributed by atoms with Gasteiger partial charge in [-0.15, -0.1) is 0 Å². The molecule has 0 bridgehead atoms. The normalized spacial score (nSPS) is 20.5. The van der Waals surface area contributed by atoms with Gasteiger partial charge in [0.05, 0.1) is 18.2 Å². The zero-order chi connectivity index (χ0) is 15.5. The first-order valence-electron chi connectivity index (χ1n) is 7.42. The fourth-order valence-corrected chi connectivity index (χ4v) is 2.73. The predicted molar refractivity (Wildman–Crippen MR) is 81.0 cm³/mol. The smallest absolute Gasteiger partial charge is 0.180 e. The first-order chi connectivity index (χ1) is 10.7. The fraction of sp³-hybridized carbons (Fsp3) is 0.438. The van der Waals surface area contributed by atoms with E-state index in [2.05, 4.69) is 33.1 Å². The topological polar surface area (TPSA) is 77.8 Å². The largest absolute Gasteiger partial charge is 0.367 e. The van der Waals surface area contributed by atoms with Crippen molar-refractivity contribution in [3.8, 4) is 6.07 Å². The van der Waals surface area contributed by atoms with Crippen LogP contribution in [-0.2, 0) is 4.74 Å². The third-order valence-corrected chi connectivity index (χ3v) is 4.07. The summed E-state index contributed by atoms with van der Waals surface area (Å²) in [7, 11) is 0. The summed E-state index contributed by atoms with van der Waals surface area (Å²) >= 11 is 0. The Bertz CT molecular complexity index is 673. The third kappa shape index (κ3) is 3.01. The molecular formula is C16H19N5O. The lowest BCUT2D eigenvalue weighted by molar-refractivity contribution is -0.0470. The molecule has 2 atom stereocenters. The van der Waals surface area contributed by atoms with Gasteiger partial charge in [0.15, 0.2) is 5.82 Å². The van der Waals surface area contributed by atoms with E-state index in [9.17, 15) is 0 Å². The Kier molecular flexibility index (Phi) is 4.18. The summed E-state index contributed by atoms with van der Waals surface area (Å²) in [5, 5.41) is 16.0. The molecule has 1 saturated heterocycles. The zero-order valence-corrected chi connectivity index (χ0v) is 12.8. The number of nitrogens with one attached hydrogen (secondary N) is 1. The SMILES string of the molecule is Cc1nc(C2CN(C(C)c3ccc(C#N)cc3)CCO2)n[nH]1. The molecule has 2 unspecified atom stereocenters. The molecule has 6 nitrogen and oxygen atoms in total. The summed E-state index contributed by atoms with van der Waals surface area (Å²) in [6.45, 7) is 6.36. The summed E-state index contributed by atoms with van der Waals surface area (Å²) in [6, 6.07) is 10.2. The molecule has 0 amide bonds. The molecule has 1 aliphatic heterocycles. The van der Waals surface area contributed by atoms with Gasteiger partial charge in [0.25, 0.3) is 0 Å². The quantitative estimate of drug-likeness (QED) is 0.939. The van der Waals surface area contributed by atoms with Crippen LogP contribution < -0.4 is 0 Å². The van der Waals surface area contributed by atoms with E-state index in [4.69, 9.17) is 10.00 Å². The van der Waals surface area contributed by atoms with Gasteiger partial charge < -0.3 is 4.74 Å². The number of benzene rings is 1. The van der Waals surface area contributed by atoms with Crippen molar-refractivity contribution in [1.82, 2.24) is 20.1 Å². The van der Waals surface area contributed by atoms with E-state index >= 15 is 0 Å². The van der Waals surface area contributed by atoms with Crippen molar-refractivity contribution >= 4 is 0 Å². The highest BCUT2D eigenvalue weighted by atomic mass is 16.5. The molecule has 1 aromatic carbocycles. The van der Waals surface area contributed by atoms with Crippen LogP contribution in [0.5, 0.6) is 0 Å². The molecule has 22 heavy (non-hydrogen) atoms. The maximum atomic E-state index is 8.88. The van der Waals surface area contributed by atoms with E-state index in [1.54, 1.807) is 0 Å². The van der Waals surface area contributed by atoms with Crippen LogP contribution >= 0.6 is 0 Å². The van der Waals surface area contributed by atoms with E-state index in [1.807, 2.05) is 31.2 Å². The lowest BCUT2D eigenvalue weighted by atomic mass is 10.0. The van der Waals surface area contributed by atoms with Crippen molar-refractivity contribution in [2.45, 2.75) is 26.0 Å². The first-order valence-corrected chi connectivity index (χ1v) is 7.42. The molecule has 0 aliphatic carbocycles. The molecule has 1 aliphatic rings. The van der Waals surface area contributed by atoms with Crippen LogP contribution in [0.25, 0.3) is 0 Å². The first kappa shape index (κ1) is 14.7. The van der Waals surface area contributed by atoms with Gasteiger partial charge in [0, 0.05) is 19.1 Å². The third-order valence-electron chi connectivity index (χ3n) is 4.07. The number of hydrogen-bond donors (Lipinski definition) is 1. The molecule has 0 saturated carbocycles. The van der Waals surface area contributed by atoms with Gasteiger partial charge >= 0.3 is 0 Å². The van der Waals surface area contributed by atoms with Crippen LogP contribution in [0.1, 0.15) is 41.8 Å². The second kappa shape index (κ2) is 6.26. The van der Waals surface area contributed by atoms with Crippen molar-refractivity contribution in [1.29, 1.82) is 5.26 Å². The summed E-state index contributed by atoms with van der Waals surface area (Å²) in [4.78, 5) is 6.73. The van der Waals surface area contributed by atoms with Gasteiger partial charge in [0.1, 0.15) is 11.9 Å². The Morgan fingerprint density at radius 2 is 2.18 bits per heavy atom. The highest BCUT2D eigenvalue weighted by molar-refractivity contribution is 5.32. The van der Waals surface area contributed by atoms with Crippen molar-refractivity contribution < 1.29 is 4.74 Å². The Morgan fingerprint density at radius 1 is 1.41 bits per heavy atom. The summed E-state index contributed by atoms with van der Waals surface area (Å²) in [6.07, 6.45) is -0.0977. The van der Waals surface area contributed by atoms with Crippen LogP contribution in [0.3, 0.4) is 0 Å². The highest BCUT2D eigenvalue weighted by Gasteiger charge is 2.28. The molecule has 0 spiro atoms. The Balaban J connectivity index is 1.72. The Morgan fingerprint density at radius 3 is 2.82 bits per heavy atom. The number of aromatic nitrogens is 3. The molecule has 2 heterocycles. The van der Waals surface area contributed by atoms with Crippen LogP contribution in [0, 0.1) is 18.3 Å². The molecular weight excluding hydrogens is 278 g/mol. The minimum absolute atomic E-state index is 0.0977. The number of rotatable bonds is 3. The van der Waals surface area contributed by atoms with Crippen LogP contribution in [0.4, 0.5) is 0 Å². The van der Waals surface area contributed by atoms with Crippen LogP contribution in [0.2, 0.25) is 0 Å². The Labute approximate surface area is 129 Å². The number of H-pyrrole nitrogens is 1. The molecule has 1 fully saturated rings. The summed E-state index contributed by atoms with van der Waals surface area (Å²) < 4.78 is 5.80. The standard InChI is InChI=1S/C16H19N5O/c1-11(14-5-3-13(9-17)4-6-14)21-7-8-22-15(10-21)16-18-12(2)19-20-16/h3-6,11,15H,7-8,10H2,1-2H3,(H,18,19,20). The van der Waals surface area contributed by atoms with Gasteiger partial charge in [-0.2, -0.15) is 10.4 Å². The summed E-state index contributed by atoms with van der Waals surface area (Å²) in [5.74, 6) is 1.52. The summed E-state index contributed by atoms with van der Waals surface area (Å²) in [5.41, 5.74) is 1.89. The van der Waals surface area contributed by atoms with Crippen molar-refractivity contribution in [3.63, 3.8) is 0 Å². The van der Waals surface area contributed by atoms with E-state index < -0.39 is 0 Å². The second-order valence-corrected chi connectivity index (χ2v) is 5.54. The molecule has 2 aromatic rings. The number of ether oxygens (including phenoxy) is 1. The maximum absolute atomic E-state index is 8.88. The minimum Gasteiger partial charge on any atom is -0.367 e. The highest BCUT2D eigenvalue weighted by Crippen LogP contribution is 2.27. The average molecular weight is 297 g/mol. The van der Waals surface area contributed by atoms with Crippen molar-refractivity contribution in [2.75, 3.05) is 19.7 Å². The average Bonchev–Trinajstić information content (AvgIpc) is 3.01. The van der Waals surface area contributed by atoms with E-state index in [-0.39, 0.29) is 12.1 Å².